The molecule has 0 aliphatic heterocycles. The highest BCUT2D eigenvalue weighted by atomic mass is 19.4. The van der Waals surface area contributed by atoms with Gasteiger partial charge in [0.2, 0.25) is 17.8 Å². The van der Waals surface area contributed by atoms with Gasteiger partial charge < -0.3 is 31.9 Å². The summed E-state index contributed by atoms with van der Waals surface area (Å²) in [6.45, 7) is 9.93. The van der Waals surface area contributed by atoms with Crippen LogP contribution in [0, 0.1) is 6.92 Å². The Balaban J connectivity index is 0.00000372. The van der Waals surface area contributed by atoms with Crippen LogP contribution in [-0.2, 0) is 15.8 Å². The summed E-state index contributed by atoms with van der Waals surface area (Å²) in [4.78, 5) is 59.2. The number of hydrogen-bond donors (Lipinski definition) is 6. The van der Waals surface area contributed by atoms with Gasteiger partial charge >= 0.3 is 6.18 Å². The molecule has 6 N–H and O–H groups in total. The number of halogens is 3. The van der Waals surface area contributed by atoms with Crippen molar-refractivity contribution in [2.75, 3.05) is 34.9 Å². The SMILES string of the molecule is C=CC(=O)NC(CCCCNC)C(=O)Nc1cccc(Nc2ncc(NC(=O)c3cc(NC(=O)c4cccc(C(F)(F)F)c4)ccc3C)cn2)c1.CC. The summed E-state index contributed by atoms with van der Waals surface area (Å²) in [5.41, 5.74) is 1.17. The molecule has 3 aromatic carbocycles. The topological polar surface area (TPSA) is 166 Å². The van der Waals surface area contributed by atoms with Crippen LogP contribution in [0.2, 0.25) is 0 Å². The lowest BCUT2D eigenvalue weighted by atomic mass is 10.1. The highest BCUT2D eigenvalue weighted by Crippen LogP contribution is 2.30. The van der Waals surface area contributed by atoms with Crippen molar-refractivity contribution in [1.29, 1.82) is 0 Å². The third kappa shape index (κ3) is 12.9. The number of rotatable bonds is 15. The van der Waals surface area contributed by atoms with E-state index >= 15 is 0 Å². The molecule has 1 heterocycles. The van der Waals surface area contributed by atoms with Crippen LogP contribution in [0.3, 0.4) is 0 Å². The van der Waals surface area contributed by atoms with Gasteiger partial charge in [-0.25, -0.2) is 9.97 Å². The molecule has 0 aliphatic carbocycles. The molecule has 0 saturated carbocycles. The molecule has 280 valence electrons. The number of alkyl halides is 3. The number of hydrogen-bond acceptors (Lipinski definition) is 8. The predicted molar refractivity (Wildman–Crippen MR) is 200 cm³/mol. The molecule has 1 unspecified atom stereocenters. The number of nitrogens with one attached hydrogen (secondary N) is 6. The number of benzene rings is 3. The van der Waals surface area contributed by atoms with Crippen molar-refractivity contribution in [2.24, 2.45) is 0 Å². The van der Waals surface area contributed by atoms with Gasteiger partial charge in [0.15, 0.2) is 0 Å². The number of aryl methyl sites for hydroxylation is 1. The van der Waals surface area contributed by atoms with E-state index < -0.39 is 35.5 Å². The van der Waals surface area contributed by atoms with Crippen LogP contribution in [0.1, 0.15) is 65.0 Å². The lowest BCUT2D eigenvalue weighted by Gasteiger charge is -2.18. The number of anilines is 5. The zero-order valence-corrected chi connectivity index (χ0v) is 29.9. The van der Waals surface area contributed by atoms with Crippen LogP contribution >= 0.6 is 0 Å². The lowest BCUT2D eigenvalue weighted by molar-refractivity contribution is -0.137. The van der Waals surface area contributed by atoms with Gasteiger partial charge in [-0.3, -0.25) is 19.2 Å². The van der Waals surface area contributed by atoms with E-state index in [4.69, 9.17) is 0 Å². The smallest absolute Gasteiger partial charge is 0.341 e. The average molecular weight is 733 g/mol. The molecule has 4 amide bonds. The lowest BCUT2D eigenvalue weighted by Crippen LogP contribution is -2.43. The summed E-state index contributed by atoms with van der Waals surface area (Å²) in [6, 6.07) is 14.7. The van der Waals surface area contributed by atoms with Crippen molar-refractivity contribution in [1.82, 2.24) is 20.6 Å². The minimum atomic E-state index is -4.60. The molecule has 0 spiro atoms. The van der Waals surface area contributed by atoms with Gasteiger partial charge in [-0.15, -0.1) is 0 Å². The van der Waals surface area contributed by atoms with Crippen molar-refractivity contribution in [3.63, 3.8) is 0 Å². The second-order valence-corrected chi connectivity index (χ2v) is 11.4. The molecular weight excluding hydrogens is 689 g/mol. The van der Waals surface area contributed by atoms with Gasteiger partial charge in [-0.05, 0) is 99.9 Å². The second-order valence-electron chi connectivity index (χ2n) is 11.4. The summed E-state index contributed by atoms with van der Waals surface area (Å²) in [5.74, 6) is -1.91. The van der Waals surface area contributed by atoms with E-state index in [1.165, 1.54) is 30.6 Å². The Morgan fingerprint density at radius 1 is 0.811 bits per heavy atom. The highest BCUT2D eigenvalue weighted by molar-refractivity contribution is 6.08. The maximum absolute atomic E-state index is 13.1. The molecule has 4 aromatic rings. The fraction of sp³-hybridized carbons (Fsp3) is 0.263. The summed E-state index contributed by atoms with van der Waals surface area (Å²) >= 11 is 0. The zero-order chi connectivity index (χ0) is 39.0. The molecule has 1 atom stereocenters. The molecular formula is C38H43F3N8O4. The van der Waals surface area contributed by atoms with Gasteiger partial charge in [-0.2, -0.15) is 13.2 Å². The van der Waals surface area contributed by atoms with E-state index in [9.17, 15) is 32.3 Å². The first kappa shape index (κ1) is 41.3. The Kier molecular flexibility index (Phi) is 15.7. The first-order valence-electron chi connectivity index (χ1n) is 16.8. The van der Waals surface area contributed by atoms with Gasteiger partial charge in [0, 0.05) is 28.2 Å². The van der Waals surface area contributed by atoms with Crippen LogP contribution in [-0.4, -0.2) is 53.2 Å². The summed E-state index contributed by atoms with van der Waals surface area (Å²) in [5, 5.41) is 16.8. The van der Waals surface area contributed by atoms with Crippen molar-refractivity contribution in [3.8, 4) is 0 Å². The number of unbranched alkanes of at least 4 members (excludes halogenated alkanes) is 1. The molecule has 12 nitrogen and oxygen atoms in total. The zero-order valence-electron chi connectivity index (χ0n) is 29.9. The first-order valence-corrected chi connectivity index (χ1v) is 16.8. The molecule has 0 fully saturated rings. The molecule has 0 saturated heterocycles. The third-order valence-corrected chi connectivity index (χ3v) is 7.48. The standard InChI is InChI=1S/C36H37F3N8O4.C2H6/c1-4-31(48)47-30(13-5-6-16-40-3)34(51)44-25-11-8-12-26(18-25)46-35-41-20-28(21-42-35)45-33(50)29-19-27(15-14-22(29)2)43-32(49)23-9-7-10-24(17-23)36(37,38)39;1-2/h4,7-12,14-15,17-21,30,40H,1,5-6,13,16H2,2-3H3,(H,43,49)(H,44,51)(H,45,50)(H,47,48)(H,41,42,46);1-2H3. The normalized spacial score (nSPS) is 11.2. The first-order chi connectivity index (χ1) is 25.4. The van der Waals surface area contributed by atoms with Gasteiger partial charge in [0.1, 0.15) is 6.04 Å². The number of amides is 4. The molecule has 0 aliphatic rings. The van der Waals surface area contributed by atoms with E-state index in [0.29, 0.717) is 23.4 Å². The minimum absolute atomic E-state index is 0.187. The molecule has 0 radical (unpaired) electrons. The van der Waals surface area contributed by atoms with Gasteiger partial charge in [0.05, 0.1) is 23.6 Å². The van der Waals surface area contributed by atoms with Crippen LogP contribution in [0.4, 0.5) is 41.9 Å². The van der Waals surface area contributed by atoms with E-state index in [2.05, 4.69) is 48.4 Å². The number of nitrogens with zero attached hydrogens (tertiary/aromatic N) is 2. The fourth-order valence-electron chi connectivity index (χ4n) is 4.82. The van der Waals surface area contributed by atoms with E-state index in [1.54, 1.807) is 37.3 Å². The van der Waals surface area contributed by atoms with Crippen molar-refractivity contribution < 1.29 is 32.3 Å². The third-order valence-electron chi connectivity index (χ3n) is 7.48. The average Bonchev–Trinajstić information content (AvgIpc) is 3.15. The number of aromatic nitrogens is 2. The molecule has 0 bridgehead atoms. The molecule has 53 heavy (non-hydrogen) atoms. The van der Waals surface area contributed by atoms with Crippen molar-refractivity contribution >= 4 is 52.3 Å². The Morgan fingerprint density at radius 3 is 2.15 bits per heavy atom. The summed E-state index contributed by atoms with van der Waals surface area (Å²) in [7, 11) is 1.84. The molecule has 15 heteroatoms. The quantitative estimate of drug-likeness (QED) is 0.0558. The largest absolute Gasteiger partial charge is 0.416 e. The van der Waals surface area contributed by atoms with Crippen molar-refractivity contribution in [3.05, 3.63) is 114 Å². The second kappa shape index (κ2) is 20.1. The Morgan fingerprint density at radius 2 is 1.47 bits per heavy atom. The van der Waals surface area contributed by atoms with Crippen LogP contribution < -0.4 is 31.9 Å². The fourth-order valence-corrected chi connectivity index (χ4v) is 4.82. The maximum atomic E-state index is 13.1. The van der Waals surface area contributed by atoms with Gasteiger partial charge in [0.25, 0.3) is 11.8 Å². The Labute approximate surface area is 306 Å². The summed E-state index contributed by atoms with van der Waals surface area (Å²) < 4.78 is 39.3. The van der Waals surface area contributed by atoms with Crippen LogP contribution in [0.25, 0.3) is 0 Å². The number of carbonyl (C=O) groups excluding carboxylic acids is 4. The van der Waals surface area contributed by atoms with E-state index in [-0.39, 0.29) is 34.4 Å². The minimum Gasteiger partial charge on any atom is -0.341 e. The predicted octanol–water partition coefficient (Wildman–Crippen LogP) is 7.08. The van der Waals surface area contributed by atoms with Crippen LogP contribution in [0.5, 0.6) is 0 Å². The van der Waals surface area contributed by atoms with E-state index in [1.807, 2.05) is 20.9 Å². The van der Waals surface area contributed by atoms with Crippen molar-refractivity contribution in [2.45, 2.75) is 52.3 Å². The Hall–Kier alpha value is -6.09. The van der Waals surface area contributed by atoms with E-state index in [0.717, 1.165) is 43.7 Å². The molecule has 4 rings (SSSR count). The maximum Gasteiger partial charge on any atom is 0.416 e. The monoisotopic (exact) mass is 732 g/mol. The summed E-state index contributed by atoms with van der Waals surface area (Å²) in [6.07, 6.45) is 1.30. The van der Waals surface area contributed by atoms with Crippen LogP contribution in [0.15, 0.2) is 91.8 Å². The van der Waals surface area contributed by atoms with Gasteiger partial charge in [-0.1, -0.05) is 38.6 Å². The highest BCUT2D eigenvalue weighted by Gasteiger charge is 2.31. The number of carbonyl (C=O) groups is 4. The Bertz CT molecular complexity index is 1880. The molecule has 1 aromatic heterocycles.